The van der Waals surface area contributed by atoms with Crippen LogP contribution in [0.4, 0.5) is 0 Å². The van der Waals surface area contributed by atoms with Crippen molar-refractivity contribution in [3.8, 4) is 0 Å². The molecule has 1 rings (SSSR count). The fourth-order valence-electron chi connectivity index (χ4n) is 0.664. The summed E-state index contributed by atoms with van der Waals surface area (Å²) in [4.78, 5) is 13.2. The SMILES string of the molecule is O=c1[nH]c(Br)ccc1B(O)O. The van der Waals surface area contributed by atoms with Crippen molar-refractivity contribution < 1.29 is 10.0 Å². The van der Waals surface area contributed by atoms with Crippen LogP contribution in [0.1, 0.15) is 0 Å². The van der Waals surface area contributed by atoms with Crippen LogP contribution in [-0.2, 0) is 0 Å². The standard InChI is InChI=1S/C5H5BBrNO3/c7-4-2-1-3(6(10)11)5(9)8-4/h1-2,10-11H,(H,8,9). The number of aromatic amines is 1. The lowest BCUT2D eigenvalue weighted by Crippen LogP contribution is -2.42. The zero-order valence-corrected chi connectivity index (χ0v) is 7.00. The van der Waals surface area contributed by atoms with Crippen LogP contribution in [0.15, 0.2) is 21.5 Å². The second kappa shape index (κ2) is 3.21. The minimum absolute atomic E-state index is 0.0619. The van der Waals surface area contributed by atoms with Crippen molar-refractivity contribution in [2.45, 2.75) is 0 Å². The lowest BCUT2D eigenvalue weighted by Gasteiger charge is -1.96. The third-order valence-corrected chi connectivity index (χ3v) is 1.65. The first-order valence-electron chi connectivity index (χ1n) is 2.86. The van der Waals surface area contributed by atoms with Gasteiger partial charge in [0.15, 0.2) is 0 Å². The maximum absolute atomic E-state index is 10.9. The van der Waals surface area contributed by atoms with Crippen LogP contribution in [0.5, 0.6) is 0 Å². The smallest absolute Gasteiger partial charge is 0.423 e. The van der Waals surface area contributed by atoms with Crippen molar-refractivity contribution in [3.05, 3.63) is 27.1 Å². The van der Waals surface area contributed by atoms with Crippen molar-refractivity contribution in [1.82, 2.24) is 4.98 Å². The van der Waals surface area contributed by atoms with Crippen LogP contribution in [0.2, 0.25) is 0 Å². The molecule has 58 valence electrons. The third kappa shape index (κ3) is 1.92. The van der Waals surface area contributed by atoms with Crippen LogP contribution in [0, 0.1) is 0 Å². The Morgan fingerprint density at radius 3 is 2.55 bits per heavy atom. The van der Waals surface area contributed by atoms with E-state index in [4.69, 9.17) is 10.0 Å². The Morgan fingerprint density at radius 2 is 2.09 bits per heavy atom. The fraction of sp³-hybridized carbons (Fsp3) is 0. The van der Waals surface area contributed by atoms with Crippen molar-refractivity contribution in [2.24, 2.45) is 0 Å². The van der Waals surface area contributed by atoms with E-state index in [-0.39, 0.29) is 5.46 Å². The zero-order chi connectivity index (χ0) is 8.43. The third-order valence-electron chi connectivity index (χ3n) is 1.18. The predicted octanol–water partition coefficient (Wildman–Crippen LogP) is -1.18. The number of rotatable bonds is 1. The Kier molecular flexibility index (Phi) is 2.48. The van der Waals surface area contributed by atoms with Gasteiger partial charge in [-0.05, 0) is 22.0 Å². The predicted molar refractivity (Wildman–Crippen MR) is 44.6 cm³/mol. The van der Waals surface area contributed by atoms with Gasteiger partial charge in [0.2, 0.25) is 5.56 Å². The van der Waals surface area contributed by atoms with Gasteiger partial charge in [-0.3, -0.25) is 4.79 Å². The number of H-pyrrole nitrogens is 1. The number of aromatic nitrogens is 1. The molecule has 0 bridgehead atoms. The highest BCUT2D eigenvalue weighted by atomic mass is 79.9. The summed E-state index contributed by atoms with van der Waals surface area (Å²) < 4.78 is 0.506. The van der Waals surface area contributed by atoms with Crippen LogP contribution >= 0.6 is 15.9 Å². The largest absolute Gasteiger partial charge is 0.494 e. The maximum Gasteiger partial charge on any atom is 0.494 e. The summed E-state index contributed by atoms with van der Waals surface area (Å²) in [5, 5.41) is 17.2. The van der Waals surface area contributed by atoms with Gasteiger partial charge in [-0.25, -0.2) is 0 Å². The molecule has 0 saturated heterocycles. The Morgan fingerprint density at radius 1 is 1.45 bits per heavy atom. The highest BCUT2D eigenvalue weighted by Crippen LogP contribution is 1.97. The van der Waals surface area contributed by atoms with Crippen molar-refractivity contribution in [2.75, 3.05) is 0 Å². The van der Waals surface area contributed by atoms with E-state index in [1.807, 2.05) is 0 Å². The molecule has 3 N–H and O–H groups in total. The Hall–Kier alpha value is -0.585. The van der Waals surface area contributed by atoms with E-state index >= 15 is 0 Å². The lowest BCUT2D eigenvalue weighted by atomic mass is 9.81. The summed E-state index contributed by atoms with van der Waals surface area (Å²) in [6.45, 7) is 0. The van der Waals surface area contributed by atoms with Gasteiger partial charge in [0.25, 0.3) is 0 Å². The number of hydrogen-bond acceptors (Lipinski definition) is 3. The first-order chi connectivity index (χ1) is 5.11. The highest BCUT2D eigenvalue weighted by molar-refractivity contribution is 9.10. The van der Waals surface area contributed by atoms with E-state index < -0.39 is 12.7 Å². The molecule has 0 amide bonds. The molecule has 0 unspecified atom stereocenters. The van der Waals surface area contributed by atoms with Gasteiger partial charge in [-0.2, -0.15) is 0 Å². The van der Waals surface area contributed by atoms with E-state index in [2.05, 4.69) is 20.9 Å². The maximum atomic E-state index is 10.9. The molecule has 0 fully saturated rings. The van der Waals surface area contributed by atoms with Crippen LogP contribution in [0.3, 0.4) is 0 Å². The van der Waals surface area contributed by atoms with Gasteiger partial charge in [0.05, 0.1) is 4.60 Å². The van der Waals surface area contributed by atoms with Crippen LogP contribution in [-0.4, -0.2) is 22.2 Å². The second-order valence-electron chi connectivity index (χ2n) is 1.96. The summed E-state index contributed by atoms with van der Waals surface area (Å²) in [6, 6.07) is 2.86. The molecule has 0 aromatic carbocycles. The Balaban J connectivity index is 3.21. The Bertz CT molecular complexity index is 311. The summed E-state index contributed by atoms with van der Waals surface area (Å²) in [6.07, 6.45) is 0. The average molecular weight is 218 g/mol. The Labute approximate surface area is 71.2 Å². The van der Waals surface area contributed by atoms with E-state index in [9.17, 15) is 4.79 Å². The molecule has 0 saturated carbocycles. The molecule has 1 aromatic rings. The summed E-state index contributed by atoms with van der Waals surface area (Å²) in [5.74, 6) is 0. The molecule has 0 aliphatic carbocycles. The van der Waals surface area contributed by atoms with Gasteiger partial charge in [0.1, 0.15) is 0 Å². The fourth-order valence-corrected chi connectivity index (χ4v) is 0.976. The number of pyridine rings is 1. The molecule has 4 nitrogen and oxygen atoms in total. The van der Waals surface area contributed by atoms with Gasteiger partial charge in [-0.1, -0.05) is 6.07 Å². The molecule has 1 heterocycles. The molecule has 0 spiro atoms. The topological polar surface area (TPSA) is 73.3 Å². The quantitative estimate of drug-likeness (QED) is 0.410. The van der Waals surface area contributed by atoms with Crippen LogP contribution < -0.4 is 11.0 Å². The molecule has 0 aliphatic heterocycles. The molecular formula is C5H5BBrNO3. The molecule has 11 heavy (non-hydrogen) atoms. The number of halogens is 1. The average Bonchev–Trinajstić information content (AvgIpc) is 1.85. The first kappa shape index (κ1) is 8.51. The van der Waals surface area contributed by atoms with Gasteiger partial charge in [0, 0.05) is 5.46 Å². The van der Waals surface area contributed by atoms with Crippen molar-refractivity contribution in [3.63, 3.8) is 0 Å². The molecule has 0 radical (unpaired) electrons. The number of nitrogens with one attached hydrogen (secondary N) is 1. The van der Waals surface area contributed by atoms with E-state index in [0.717, 1.165) is 0 Å². The van der Waals surface area contributed by atoms with E-state index in [1.54, 1.807) is 0 Å². The highest BCUT2D eigenvalue weighted by Gasteiger charge is 2.14. The lowest BCUT2D eigenvalue weighted by molar-refractivity contribution is 0.425. The monoisotopic (exact) mass is 217 g/mol. The van der Waals surface area contributed by atoms with Crippen molar-refractivity contribution >= 4 is 28.5 Å². The minimum atomic E-state index is -1.72. The minimum Gasteiger partial charge on any atom is -0.423 e. The van der Waals surface area contributed by atoms with Gasteiger partial charge in [-0.15, -0.1) is 0 Å². The van der Waals surface area contributed by atoms with Crippen LogP contribution in [0.25, 0.3) is 0 Å². The normalized spacial score (nSPS) is 9.73. The van der Waals surface area contributed by atoms with Gasteiger partial charge < -0.3 is 15.0 Å². The second-order valence-corrected chi connectivity index (χ2v) is 2.82. The molecular weight excluding hydrogens is 213 g/mol. The summed E-state index contributed by atoms with van der Waals surface area (Å²) >= 11 is 3.03. The first-order valence-corrected chi connectivity index (χ1v) is 3.65. The molecule has 0 aliphatic rings. The van der Waals surface area contributed by atoms with Crippen molar-refractivity contribution in [1.29, 1.82) is 0 Å². The van der Waals surface area contributed by atoms with E-state index in [1.165, 1.54) is 12.1 Å². The summed E-state index contributed by atoms with van der Waals surface area (Å²) in [7, 11) is -1.72. The molecule has 0 atom stereocenters. The summed E-state index contributed by atoms with van der Waals surface area (Å²) in [5.41, 5.74) is -0.567. The van der Waals surface area contributed by atoms with E-state index in [0.29, 0.717) is 4.60 Å². The molecule has 6 heteroatoms. The zero-order valence-electron chi connectivity index (χ0n) is 5.41. The number of hydrogen-bond donors (Lipinski definition) is 3. The van der Waals surface area contributed by atoms with Gasteiger partial charge >= 0.3 is 7.12 Å². The molecule has 1 aromatic heterocycles.